The lowest BCUT2D eigenvalue weighted by molar-refractivity contribution is -0.384. The van der Waals surface area contributed by atoms with Crippen molar-refractivity contribution in [1.29, 1.82) is 0 Å². The Labute approximate surface area is 165 Å². The molecule has 1 amide bonds. The Balaban J connectivity index is 2.19. The third-order valence-electron chi connectivity index (χ3n) is 3.48. The molecule has 146 valence electrons. The van der Waals surface area contributed by atoms with E-state index in [1.807, 2.05) is 6.92 Å². The minimum atomic E-state index is -1.46. The van der Waals surface area contributed by atoms with Gasteiger partial charge in [-0.05, 0) is 50.2 Å². The molecule has 0 aliphatic rings. The Hall–Kier alpha value is -3.33. The summed E-state index contributed by atoms with van der Waals surface area (Å²) in [6.07, 6.45) is 0. The number of carbonyl (C=O) groups is 2. The molecule has 0 saturated heterocycles. The van der Waals surface area contributed by atoms with Crippen molar-refractivity contribution in [2.24, 2.45) is 10.2 Å². The van der Waals surface area contributed by atoms with Crippen LogP contribution in [-0.4, -0.2) is 29.3 Å². The Morgan fingerprint density at radius 3 is 2.50 bits per heavy atom. The molecule has 9 nitrogen and oxygen atoms in total. The summed E-state index contributed by atoms with van der Waals surface area (Å²) in [5.41, 5.74) is -0.0626. The smallest absolute Gasteiger partial charge is 0.298 e. The second kappa shape index (κ2) is 9.56. The summed E-state index contributed by atoms with van der Waals surface area (Å²) < 4.78 is 5.31. The van der Waals surface area contributed by atoms with Crippen LogP contribution < -0.4 is 10.1 Å². The van der Waals surface area contributed by atoms with Crippen molar-refractivity contribution in [2.45, 2.75) is 19.9 Å². The fourth-order valence-electron chi connectivity index (χ4n) is 2.18. The van der Waals surface area contributed by atoms with Crippen molar-refractivity contribution in [3.8, 4) is 5.75 Å². The van der Waals surface area contributed by atoms with E-state index in [0.29, 0.717) is 18.0 Å². The number of benzene rings is 2. The number of anilines is 1. The Kier molecular flexibility index (Phi) is 7.16. The molecule has 0 bridgehead atoms. The van der Waals surface area contributed by atoms with Crippen LogP contribution in [-0.2, 0) is 9.59 Å². The van der Waals surface area contributed by atoms with Gasteiger partial charge in [0.1, 0.15) is 5.75 Å². The predicted octanol–water partition coefficient (Wildman–Crippen LogP) is 4.33. The van der Waals surface area contributed by atoms with E-state index in [1.165, 1.54) is 19.1 Å². The summed E-state index contributed by atoms with van der Waals surface area (Å²) in [7, 11) is 0. The van der Waals surface area contributed by atoms with Crippen LogP contribution >= 0.6 is 11.6 Å². The van der Waals surface area contributed by atoms with Crippen LogP contribution in [0.2, 0.25) is 5.02 Å². The average molecular weight is 405 g/mol. The largest absolute Gasteiger partial charge is 0.494 e. The number of ketones is 1. The second-order valence-electron chi connectivity index (χ2n) is 5.57. The van der Waals surface area contributed by atoms with E-state index in [-0.39, 0.29) is 16.4 Å². The van der Waals surface area contributed by atoms with Crippen molar-refractivity contribution >= 4 is 40.4 Å². The van der Waals surface area contributed by atoms with Crippen LogP contribution in [0.5, 0.6) is 5.75 Å². The number of hydrogen-bond donors (Lipinski definition) is 1. The third kappa shape index (κ3) is 5.58. The third-order valence-corrected chi connectivity index (χ3v) is 3.72. The SMILES string of the molecule is CCOc1ccc(NC(=O)C(N=Nc2ccc(Cl)cc2[N+](=O)[O-])C(C)=O)cc1. The van der Waals surface area contributed by atoms with E-state index in [1.54, 1.807) is 24.3 Å². The number of nitrogens with zero attached hydrogens (tertiary/aromatic N) is 3. The minimum Gasteiger partial charge on any atom is -0.494 e. The van der Waals surface area contributed by atoms with Crippen LogP contribution in [0.1, 0.15) is 13.8 Å². The molecule has 0 aliphatic heterocycles. The van der Waals surface area contributed by atoms with Crippen LogP contribution in [0.3, 0.4) is 0 Å². The normalized spacial score (nSPS) is 11.8. The highest BCUT2D eigenvalue weighted by Gasteiger charge is 2.24. The van der Waals surface area contributed by atoms with Gasteiger partial charge in [0.15, 0.2) is 11.5 Å². The number of nitro groups is 1. The maximum absolute atomic E-state index is 12.4. The number of Topliss-reactive ketones (excluding diaryl/α,β-unsaturated/α-hetero) is 1. The van der Waals surface area contributed by atoms with Gasteiger partial charge >= 0.3 is 0 Å². The number of azo groups is 1. The lowest BCUT2D eigenvalue weighted by atomic mass is 10.2. The molecule has 2 aromatic rings. The standard InChI is InChI=1S/C18H17ClN4O5/c1-3-28-14-7-5-13(6-8-14)20-18(25)17(11(2)24)22-21-15-9-4-12(19)10-16(15)23(26)27/h4-10,17H,3H2,1-2H3,(H,20,25). The molecule has 1 unspecified atom stereocenters. The average Bonchev–Trinajstić information content (AvgIpc) is 2.64. The summed E-state index contributed by atoms with van der Waals surface area (Å²) in [6.45, 7) is 3.54. The summed E-state index contributed by atoms with van der Waals surface area (Å²) in [6, 6.07) is 8.89. The van der Waals surface area contributed by atoms with Crippen molar-refractivity contribution in [3.63, 3.8) is 0 Å². The lowest BCUT2D eigenvalue weighted by Crippen LogP contribution is -2.31. The van der Waals surface area contributed by atoms with E-state index in [2.05, 4.69) is 15.5 Å². The van der Waals surface area contributed by atoms with Gasteiger partial charge in [0, 0.05) is 16.8 Å². The molecule has 0 spiro atoms. The van der Waals surface area contributed by atoms with Gasteiger partial charge in [0.2, 0.25) is 6.04 Å². The van der Waals surface area contributed by atoms with Gasteiger partial charge in [0.05, 0.1) is 11.5 Å². The quantitative estimate of drug-likeness (QED) is 0.303. The molecule has 1 N–H and O–H groups in total. The Bertz CT molecular complexity index is 915. The molecule has 0 aliphatic carbocycles. The van der Waals surface area contributed by atoms with Crippen LogP contribution in [0.25, 0.3) is 0 Å². The number of rotatable bonds is 8. The molecule has 2 rings (SSSR count). The molecule has 10 heteroatoms. The van der Waals surface area contributed by atoms with Crippen molar-refractivity contribution in [2.75, 3.05) is 11.9 Å². The van der Waals surface area contributed by atoms with Crippen LogP contribution in [0.15, 0.2) is 52.7 Å². The van der Waals surface area contributed by atoms with E-state index >= 15 is 0 Å². The lowest BCUT2D eigenvalue weighted by Gasteiger charge is -2.10. The van der Waals surface area contributed by atoms with Gasteiger partial charge in [0.25, 0.3) is 11.6 Å². The van der Waals surface area contributed by atoms with Gasteiger partial charge in [-0.15, -0.1) is 5.11 Å². The first-order chi connectivity index (χ1) is 13.3. The van der Waals surface area contributed by atoms with E-state index in [4.69, 9.17) is 16.3 Å². The first-order valence-corrected chi connectivity index (χ1v) is 8.58. The Morgan fingerprint density at radius 2 is 1.93 bits per heavy atom. The molecule has 0 aromatic heterocycles. The van der Waals surface area contributed by atoms with Crippen molar-refractivity contribution < 1.29 is 19.2 Å². The first kappa shape index (κ1) is 21.0. The number of carbonyl (C=O) groups excluding carboxylic acids is 2. The number of hydrogen-bond acceptors (Lipinski definition) is 7. The summed E-state index contributed by atoms with van der Waals surface area (Å²) in [5, 5.41) is 21.2. The minimum absolute atomic E-state index is 0.116. The van der Waals surface area contributed by atoms with Gasteiger partial charge in [-0.25, -0.2) is 0 Å². The highest BCUT2D eigenvalue weighted by Crippen LogP contribution is 2.30. The molecule has 28 heavy (non-hydrogen) atoms. The van der Waals surface area contributed by atoms with Crippen molar-refractivity contribution in [1.82, 2.24) is 0 Å². The topological polar surface area (TPSA) is 123 Å². The van der Waals surface area contributed by atoms with Gasteiger partial charge in [-0.2, -0.15) is 5.11 Å². The number of amides is 1. The first-order valence-electron chi connectivity index (χ1n) is 8.20. The molecule has 0 heterocycles. The molecule has 0 fully saturated rings. The monoisotopic (exact) mass is 404 g/mol. The maximum atomic E-state index is 12.4. The van der Waals surface area contributed by atoms with Crippen LogP contribution in [0, 0.1) is 10.1 Å². The molecule has 0 radical (unpaired) electrons. The highest BCUT2D eigenvalue weighted by molar-refractivity contribution is 6.30. The highest BCUT2D eigenvalue weighted by atomic mass is 35.5. The maximum Gasteiger partial charge on any atom is 0.298 e. The summed E-state index contributed by atoms with van der Waals surface area (Å²) in [5.74, 6) is -0.640. The zero-order valence-corrected chi connectivity index (χ0v) is 15.8. The fourth-order valence-corrected chi connectivity index (χ4v) is 2.34. The van der Waals surface area contributed by atoms with Gasteiger partial charge in [-0.3, -0.25) is 19.7 Å². The van der Waals surface area contributed by atoms with E-state index in [9.17, 15) is 19.7 Å². The fraction of sp³-hybridized carbons (Fsp3) is 0.222. The summed E-state index contributed by atoms with van der Waals surface area (Å²) in [4.78, 5) is 34.6. The molecule has 1 atom stereocenters. The Morgan fingerprint density at radius 1 is 1.25 bits per heavy atom. The summed E-state index contributed by atoms with van der Waals surface area (Å²) >= 11 is 5.74. The van der Waals surface area contributed by atoms with Crippen LogP contribution in [0.4, 0.5) is 17.1 Å². The molecule has 2 aromatic carbocycles. The van der Waals surface area contributed by atoms with Gasteiger partial charge in [-0.1, -0.05) is 11.6 Å². The second-order valence-corrected chi connectivity index (χ2v) is 6.00. The van der Waals surface area contributed by atoms with Crippen molar-refractivity contribution in [3.05, 3.63) is 57.6 Å². The van der Waals surface area contributed by atoms with Gasteiger partial charge < -0.3 is 10.1 Å². The number of nitro benzene ring substituents is 1. The number of ether oxygens (including phenoxy) is 1. The molecular formula is C18H17ClN4O5. The zero-order chi connectivity index (χ0) is 20.7. The van der Waals surface area contributed by atoms with E-state index < -0.39 is 22.7 Å². The number of halogens is 1. The van der Waals surface area contributed by atoms with E-state index in [0.717, 1.165) is 6.07 Å². The predicted molar refractivity (Wildman–Crippen MR) is 103 cm³/mol. The molecular weight excluding hydrogens is 388 g/mol. The zero-order valence-electron chi connectivity index (χ0n) is 15.1. The number of nitrogens with one attached hydrogen (secondary N) is 1. The molecule has 0 saturated carbocycles.